The second-order valence-electron chi connectivity index (χ2n) is 5.05. The topological polar surface area (TPSA) is 63.2 Å². The number of aromatic nitrogens is 1. The van der Waals surface area contributed by atoms with Crippen LogP contribution in [-0.4, -0.2) is 17.5 Å². The minimum atomic E-state index is -0.113. The van der Waals surface area contributed by atoms with E-state index in [1.807, 2.05) is 25.1 Å². The van der Waals surface area contributed by atoms with E-state index in [0.717, 1.165) is 34.2 Å². The van der Waals surface area contributed by atoms with E-state index in [0.29, 0.717) is 0 Å². The SMILES string of the molecule is Cc1nc(CNC(C)c2ccc3c(c2)NC(=O)CO3)cs1.Cl. The molecule has 0 spiro atoms. The summed E-state index contributed by atoms with van der Waals surface area (Å²) in [5.74, 6) is 0.610. The Kier molecular flexibility index (Phi) is 5.39. The van der Waals surface area contributed by atoms with E-state index >= 15 is 0 Å². The van der Waals surface area contributed by atoms with Crippen LogP contribution in [-0.2, 0) is 11.3 Å². The van der Waals surface area contributed by atoms with E-state index in [9.17, 15) is 4.79 Å². The number of aryl methyl sites for hydroxylation is 1. The third-order valence-corrected chi connectivity index (χ3v) is 4.21. The van der Waals surface area contributed by atoms with Crippen LogP contribution in [0.1, 0.15) is 29.2 Å². The van der Waals surface area contributed by atoms with Crippen molar-refractivity contribution in [2.24, 2.45) is 0 Å². The molecular formula is C15H18ClN3O2S. The molecule has 1 unspecified atom stereocenters. The molecule has 0 radical (unpaired) electrons. The normalized spacial score (nSPS) is 14.4. The summed E-state index contributed by atoms with van der Waals surface area (Å²) in [7, 11) is 0. The number of thiazole rings is 1. The van der Waals surface area contributed by atoms with E-state index in [-0.39, 0.29) is 31.0 Å². The standard InChI is InChI=1S/C15H17N3O2S.ClH/c1-9(16-6-12-8-21-10(2)17-12)11-3-4-14-13(5-11)18-15(19)7-20-14;/h3-5,8-9,16H,6-7H2,1-2H3,(H,18,19);1H. The molecule has 0 saturated carbocycles. The number of halogens is 1. The number of benzene rings is 1. The van der Waals surface area contributed by atoms with Crippen molar-refractivity contribution in [1.82, 2.24) is 10.3 Å². The highest BCUT2D eigenvalue weighted by Crippen LogP contribution is 2.30. The molecule has 1 aromatic heterocycles. The number of ether oxygens (including phenoxy) is 1. The van der Waals surface area contributed by atoms with Gasteiger partial charge in [-0.3, -0.25) is 4.79 Å². The zero-order chi connectivity index (χ0) is 14.8. The van der Waals surface area contributed by atoms with Crippen LogP contribution in [0.15, 0.2) is 23.6 Å². The van der Waals surface area contributed by atoms with Gasteiger partial charge in [0.05, 0.1) is 16.4 Å². The number of carbonyl (C=O) groups is 1. The van der Waals surface area contributed by atoms with Gasteiger partial charge in [-0.2, -0.15) is 0 Å². The number of nitrogens with one attached hydrogen (secondary N) is 2. The molecule has 118 valence electrons. The largest absolute Gasteiger partial charge is 0.482 e. The Morgan fingerprint density at radius 3 is 3.05 bits per heavy atom. The molecule has 0 bridgehead atoms. The number of fused-ring (bicyclic) bond motifs is 1. The van der Waals surface area contributed by atoms with E-state index in [4.69, 9.17) is 4.74 Å². The fraction of sp³-hybridized carbons (Fsp3) is 0.333. The first-order valence-electron chi connectivity index (χ1n) is 6.83. The maximum absolute atomic E-state index is 11.4. The minimum Gasteiger partial charge on any atom is -0.482 e. The average Bonchev–Trinajstić information content (AvgIpc) is 2.89. The van der Waals surface area contributed by atoms with Crippen LogP contribution < -0.4 is 15.4 Å². The number of carbonyl (C=O) groups excluding carboxylic acids is 1. The molecule has 7 heteroatoms. The van der Waals surface area contributed by atoms with Gasteiger partial charge in [-0.05, 0) is 31.5 Å². The fourth-order valence-corrected chi connectivity index (χ4v) is 2.85. The lowest BCUT2D eigenvalue weighted by atomic mass is 10.1. The Balaban J connectivity index is 0.00000176. The van der Waals surface area contributed by atoms with Crippen molar-refractivity contribution in [3.63, 3.8) is 0 Å². The van der Waals surface area contributed by atoms with Crippen LogP contribution in [0.3, 0.4) is 0 Å². The lowest BCUT2D eigenvalue weighted by Crippen LogP contribution is -2.26. The Labute approximate surface area is 139 Å². The summed E-state index contributed by atoms with van der Waals surface area (Å²) in [5.41, 5.74) is 2.90. The van der Waals surface area contributed by atoms with Gasteiger partial charge in [-0.15, -0.1) is 23.7 Å². The van der Waals surface area contributed by atoms with Crippen LogP contribution in [0.2, 0.25) is 0 Å². The summed E-state index contributed by atoms with van der Waals surface area (Å²) in [6.45, 7) is 4.91. The van der Waals surface area contributed by atoms with Gasteiger partial charge in [0.15, 0.2) is 6.61 Å². The smallest absolute Gasteiger partial charge is 0.262 e. The highest BCUT2D eigenvalue weighted by atomic mass is 35.5. The molecule has 5 nitrogen and oxygen atoms in total. The van der Waals surface area contributed by atoms with Gasteiger partial charge in [0.1, 0.15) is 5.75 Å². The molecule has 1 atom stereocenters. The third-order valence-electron chi connectivity index (χ3n) is 3.39. The highest BCUT2D eigenvalue weighted by Gasteiger charge is 2.17. The van der Waals surface area contributed by atoms with E-state index < -0.39 is 0 Å². The van der Waals surface area contributed by atoms with E-state index in [2.05, 4.69) is 27.9 Å². The summed E-state index contributed by atoms with van der Waals surface area (Å²) in [6.07, 6.45) is 0. The molecule has 1 amide bonds. The van der Waals surface area contributed by atoms with Crippen LogP contribution in [0.25, 0.3) is 0 Å². The van der Waals surface area contributed by atoms with Crippen molar-refractivity contribution in [2.75, 3.05) is 11.9 Å². The molecule has 0 fully saturated rings. The quantitative estimate of drug-likeness (QED) is 0.898. The Hall–Kier alpha value is -1.63. The first kappa shape index (κ1) is 16.7. The molecule has 0 aliphatic carbocycles. The maximum atomic E-state index is 11.4. The monoisotopic (exact) mass is 339 g/mol. The summed E-state index contributed by atoms with van der Waals surface area (Å²) in [5, 5.41) is 9.41. The number of nitrogens with zero attached hydrogens (tertiary/aromatic N) is 1. The van der Waals surface area contributed by atoms with Gasteiger partial charge < -0.3 is 15.4 Å². The highest BCUT2D eigenvalue weighted by molar-refractivity contribution is 7.09. The molecule has 0 saturated heterocycles. The van der Waals surface area contributed by atoms with Gasteiger partial charge in [0.25, 0.3) is 5.91 Å². The van der Waals surface area contributed by atoms with Crippen molar-refractivity contribution >= 4 is 35.3 Å². The van der Waals surface area contributed by atoms with Crippen LogP contribution >= 0.6 is 23.7 Å². The van der Waals surface area contributed by atoms with Crippen molar-refractivity contribution < 1.29 is 9.53 Å². The fourth-order valence-electron chi connectivity index (χ4n) is 2.24. The number of rotatable bonds is 4. The van der Waals surface area contributed by atoms with Crippen molar-refractivity contribution in [3.05, 3.63) is 39.8 Å². The lowest BCUT2D eigenvalue weighted by molar-refractivity contribution is -0.118. The zero-order valence-electron chi connectivity index (χ0n) is 12.4. The first-order valence-corrected chi connectivity index (χ1v) is 7.71. The Morgan fingerprint density at radius 2 is 2.32 bits per heavy atom. The molecule has 2 aromatic rings. The predicted octanol–water partition coefficient (Wildman–Crippen LogP) is 3.06. The van der Waals surface area contributed by atoms with Gasteiger partial charge in [0.2, 0.25) is 0 Å². The molecule has 2 N–H and O–H groups in total. The van der Waals surface area contributed by atoms with Gasteiger partial charge in [-0.25, -0.2) is 4.98 Å². The Morgan fingerprint density at radius 1 is 1.50 bits per heavy atom. The van der Waals surface area contributed by atoms with Crippen molar-refractivity contribution in [3.8, 4) is 5.75 Å². The molecule has 1 aliphatic rings. The van der Waals surface area contributed by atoms with Crippen molar-refractivity contribution in [1.29, 1.82) is 0 Å². The summed E-state index contributed by atoms with van der Waals surface area (Å²) < 4.78 is 5.36. The second-order valence-corrected chi connectivity index (χ2v) is 6.12. The van der Waals surface area contributed by atoms with Gasteiger partial charge in [0, 0.05) is 18.0 Å². The second kappa shape index (κ2) is 7.09. The average molecular weight is 340 g/mol. The maximum Gasteiger partial charge on any atom is 0.262 e. The first-order chi connectivity index (χ1) is 10.1. The van der Waals surface area contributed by atoms with E-state index in [1.165, 1.54) is 0 Å². The number of amides is 1. The molecular weight excluding hydrogens is 322 g/mol. The summed E-state index contributed by atoms with van der Waals surface area (Å²) >= 11 is 1.66. The molecule has 2 heterocycles. The van der Waals surface area contributed by atoms with Crippen molar-refractivity contribution in [2.45, 2.75) is 26.4 Å². The summed E-state index contributed by atoms with van der Waals surface area (Å²) in [6, 6.07) is 6.03. The molecule has 3 rings (SSSR count). The zero-order valence-corrected chi connectivity index (χ0v) is 14.0. The predicted molar refractivity (Wildman–Crippen MR) is 89.9 cm³/mol. The lowest BCUT2D eigenvalue weighted by Gasteiger charge is -2.20. The number of anilines is 1. The van der Waals surface area contributed by atoms with Gasteiger partial charge >= 0.3 is 0 Å². The van der Waals surface area contributed by atoms with Crippen LogP contribution in [0, 0.1) is 6.92 Å². The molecule has 1 aliphatic heterocycles. The number of hydrogen-bond acceptors (Lipinski definition) is 5. The Bertz CT molecular complexity index is 675. The number of hydrogen-bond donors (Lipinski definition) is 2. The van der Waals surface area contributed by atoms with E-state index in [1.54, 1.807) is 11.3 Å². The van der Waals surface area contributed by atoms with Crippen LogP contribution in [0.4, 0.5) is 5.69 Å². The van der Waals surface area contributed by atoms with Gasteiger partial charge in [-0.1, -0.05) is 6.07 Å². The molecule has 1 aromatic carbocycles. The minimum absolute atomic E-state index is 0. The summed E-state index contributed by atoms with van der Waals surface area (Å²) in [4.78, 5) is 15.8. The third kappa shape index (κ3) is 3.76. The van der Waals surface area contributed by atoms with Crippen LogP contribution in [0.5, 0.6) is 5.75 Å². The molecule has 22 heavy (non-hydrogen) atoms.